The lowest BCUT2D eigenvalue weighted by atomic mass is 10.1. The number of anilines is 2. The smallest absolute Gasteiger partial charge is 0.272 e. The van der Waals surface area contributed by atoms with E-state index in [0.29, 0.717) is 22.1 Å². The first-order chi connectivity index (χ1) is 21.3. The van der Waals surface area contributed by atoms with Crippen molar-refractivity contribution in [3.05, 3.63) is 137 Å². The molecule has 1 aromatic heterocycles. The summed E-state index contributed by atoms with van der Waals surface area (Å²) in [5, 5.41) is 10.6. The van der Waals surface area contributed by atoms with Crippen LogP contribution in [0.4, 0.5) is 15.2 Å². The molecule has 4 aromatic carbocycles. The lowest BCUT2D eigenvalue weighted by molar-refractivity contribution is -0.114. The third kappa shape index (κ3) is 8.50. The lowest BCUT2D eigenvalue weighted by Gasteiger charge is -2.12. The molecule has 5 aromatic rings. The number of aryl methyl sites for hydroxylation is 1. The van der Waals surface area contributed by atoms with Crippen molar-refractivity contribution in [2.75, 3.05) is 16.4 Å². The van der Waals surface area contributed by atoms with E-state index in [1.54, 1.807) is 72.1 Å². The van der Waals surface area contributed by atoms with Crippen molar-refractivity contribution >= 4 is 57.7 Å². The van der Waals surface area contributed by atoms with E-state index in [9.17, 15) is 18.8 Å². The Balaban J connectivity index is 1.18. The van der Waals surface area contributed by atoms with E-state index in [0.717, 1.165) is 21.6 Å². The number of carbonyl (C=O) groups excluding carboxylic acids is 3. The van der Waals surface area contributed by atoms with E-state index in [1.807, 2.05) is 37.3 Å². The summed E-state index contributed by atoms with van der Waals surface area (Å²) in [4.78, 5) is 43.9. The molecule has 0 spiro atoms. The predicted octanol–water partition coefficient (Wildman–Crippen LogP) is 7.40. The third-order valence-electron chi connectivity index (χ3n) is 6.25. The molecule has 0 aliphatic rings. The third-order valence-corrected chi connectivity index (χ3v) is 8.02. The van der Waals surface area contributed by atoms with Crippen LogP contribution < -0.4 is 16.0 Å². The second kappa shape index (κ2) is 14.4. The molecule has 0 unspecified atom stereocenters. The van der Waals surface area contributed by atoms with Crippen LogP contribution in [0.5, 0.6) is 0 Å². The molecule has 0 bridgehead atoms. The van der Waals surface area contributed by atoms with E-state index < -0.39 is 11.8 Å². The number of hydrogen-bond acceptors (Lipinski definition) is 6. The minimum atomic E-state index is -0.473. The maximum atomic E-state index is 13.3. The molecular formula is C34H27FN4O3S2. The van der Waals surface area contributed by atoms with Crippen LogP contribution >= 0.6 is 23.1 Å². The Labute approximate surface area is 262 Å². The number of rotatable bonds is 10. The van der Waals surface area contributed by atoms with Gasteiger partial charge in [0.1, 0.15) is 11.5 Å². The molecule has 0 aliphatic carbocycles. The number of thioether (sulfide) groups is 1. The van der Waals surface area contributed by atoms with E-state index in [-0.39, 0.29) is 23.2 Å². The summed E-state index contributed by atoms with van der Waals surface area (Å²) in [5.41, 5.74) is 4.29. The Morgan fingerprint density at radius 3 is 2.36 bits per heavy atom. The number of amides is 3. The molecule has 5 rings (SSSR count). The molecule has 3 N–H and O–H groups in total. The number of nitrogens with one attached hydrogen (secondary N) is 3. The first-order valence-corrected chi connectivity index (χ1v) is 15.4. The zero-order chi connectivity index (χ0) is 30.9. The normalized spacial score (nSPS) is 11.1. The molecule has 10 heteroatoms. The topological polar surface area (TPSA) is 100 Å². The average Bonchev–Trinajstić information content (AvgIpc) is 3.49. The fraction of sp³-hybridized carbons (Fsp3) is 0.0588. The van der Waals surface area contributed by atoms with Crippen molar-refractivity contribution in [3.8, 4) is 11.3 Å². The maximum absolute atomic E-state index is 13.3. The van der Waals surface area contributed by atoms with Gasteiger partial charge in [-0.3, -0.25) is 14.4 Å². The van der Waals surface area contributed by atoms with Gasteiger partial charge in [0, 0.05) is 27.1 Å². The monoisotopic (exact) mass is 622 g/mol. The molecule has 1 heterocycles. The van der Waals surface area contributed by atoms with E-state index in [2.05, 4.69) is 20.9 Å². The van der Waals surface area contributed by atoms with Crippen LogP contribution in [0.3, 0.4) is 0 Å². The highest BCUT2D eigenvalue weighted by atomic mass is 32.2. The second-order valence-electron chi connectivity index (χ2n) is 9.65. The van der Waals surface area contributed by atoms with Crippen LogP contribution in [0.25, 0.3) is 17.3 Å². The quantitative estimate of drug-likeness (QED) is 0.111. The van der Waals surface area contributed by atoms with Crippen molar-refractivity contribution in [1.82, 2.24) is 10.3 Å². The summed E-state index contributed by atoms with van der Waals surface area (Å²) in [6, 6.07) is 29.4. The van der Waals surface area contributed by atoms with Crippen molar-refractivity contribution in [2.24, 2.45) is 0 Å². The van der Waals surface area contributed by atoms with Crippen LogP contribution in [0.2, 0.25) is 0 Å². The number of carbonyl (C=O) groups is 3. The highest BCUT2D eigenvalue weighted by molar-refractivity contribution is 8.00. The van der Waals surface area contributed by atoms with Gasteiger partial charge in [0.15, 0.2) is 5.13 Å². The lowest BCUT2D eigenvalue weighted by Crippen LogP contribution is -2.30. The van der Waals surface area contributed by atoms with Crippen molar-refractivity contribution < 1.29 is 18.8 Å². The number of aromatic nitrogens is 1. The highest BCUT2D eigenvalue weighted by Gasteiger charge is 2.15. The van der Waals surface area contributed by atoms with Gasteiger partial charge >= 0.3 is 0 Å². The van der Waals surface area contributed by atoms with Gasteiger partial charge in [0.25, 0.3) is 11.8 Å². The summed E-state index contributed by atoms with van der Waals surface area (Å²) in [6.07, 6.45) is 1.64. The van der Waals surface area contributed by atoms with E-state index in [1.165, 1.54) is 35.2 Å². The summed E-state index contributed by atoms with van der Waals surface area (Å²) in [6.45, 7) is 1.95. The predicted molar refractivity (Wildman–Crippen MR) is 175 cm³/mol. The SMILES string of the molecule is Cc1cccc(/C=C(\NC(=O)c2ccccc2)C(=O)Nc2ccc(SCC(=O)Nc3nc(-c4ccc(F)cc4)cs3)cc2)c1. The van der Waals surface area contributed by atoms with Gasteiger partial charge in [-0.1, -0.05) is 48.0 Å². The molecule has 7 nitrogen and oxygen atoms in total. The van der Waals surface area contributed by atoms with Gasteiger partial charge in [-0.25, -0.2) is 9.37 Å². The Kier molecular flexibility index (Phi) is 9.96. The Morgan fingerprint density at radius 2 is 1.64 bits per heavy atom. The Morgan fingerprint density at radius 1 is 0.886 bits per heavy atom. The Bertz CT molecular complexity index is 1800. The van der Waals surface area contributed by atoms with Crippen LogP contribution in [0.1, 0.15) is 21.5 Å². The van der Waals surface area contributed by atoms with Gasteiger partial charge in [0.2, 0.25) is 5.91 Å². The molecule has 220 valence electrons. The van der Waals surface area contributed by atoms with Gasteiger partial charge in [-0.2, -0.15) is 0 Å². The van der Waals surface area contributed by atoms with Crippen molar-refractivity contribution in [3.63, 3.8) is 0 Å². The van der Waals surface area contributed by atoms with Gasteiger partial charge in [-0.05, 0) is 79.2 Å². The first kappa shape index (κ1) is 30.4. The maximum Gasteiger partial charge on any atom is 0.272 e. The number of halogens is 1. The minimum absolute atomic E-state index is 0.101. The molecule has 0 radical (unpaired) electrons. The molecule has 44 heavy (non-hydrogen) atoms. The van der Waals surface area contributed by atoms with Crippen LogP contribution in [0, 0.1) is 12.7 Å². The van der Waals surface area contributed by atoms with Gasteiger partial charge in [-0.15, -0.1) is 23.1 Å². The van der Waals surface area contributed by atoms with Crippen molar-refractivity contribution in [1.29, 1.82) is 0 Å². The fourth-order valence-electron chi connectivity index (χ4n) is 4.09. The number of benzene rings is 4. The second-order valence-corrected chi connectivity index (χ2v) is 11.6. The first-order valence-electron chi connectivity index (χ1n) is 13.5. The number of thiazole rings is 1. The largest absolute Gasteiger partial charge is 0.321 e. The molecule has 3 amide bonds. The molecular weight excluding hydrogens is 596 g/mol. The van der Waals surface area contributed by atoms with Crippen LogP contribution in [-0.4, -0.2) is 28.5 Å². The van der Waals surface area contributed by atoms with Crippen LogP contribution in [-0.2, 0) is 9.59 Å². The summed E-state index contributed by atoms with van der Waals surface area (Å²) in [7, 11) is 0. The van der Waals surface area contributed by atoms with Gasteiger partial charge < -0.3 is 16.0 Å². The Hall–Kier alpha value is -5.06. The summed E-state index contributed by atoms with van der Waals surface area (Å²) < 4.78 is 13.2. The zero-order valence-electron chi connectivity index (χ0n) is 23.5. The highest BCUT2D eigenvalue weighted by Crippen LogP contribution is 2.26. The standard InChI is InChI=1S/C34H27FN4O3S2/c1-22-6-5-7-23(18-22)19-29(37-32(41)25-8-3-2-4-9-25)33(42)36-27-14-16-28(17-15-27)43-21-31(40)39-34-38-30(20-44-34)24-10-12-26(35)13-11-24/h2-20H,21H2,1H3,(H,36,42)(H,37,41)(H,38,39,40)/b29-19-. The molecule has 0 aliphatic heterocycles. The van der Waals surface area contributed by atoms with Crippen molar-refractivity contribution in [2.45, 2.75) is 11.8 Å². The molecule has 0 fully saturated rings. The number of nitrogens with zero attached hydrogens (tertiary/aromatic N) is 1. The van der Waals surface area contributed by atoms with Gasteiger partial charge in [0.05, 0.1) is 11.4 Å². The molecule has 0 saturated heterocycles. The average molecular weight is 623 g/mol. The minimum Gasteiger partial charge on any atom is -0.321 e. The summed E-state index contributed by atoms with van der Waals surface area (Å²) in [5.74, 6) is -1.25. The number of hydrogen-bond donors (Lipinski definition) is 3. The zero-order valence-corrected chi connectivity index (χ0v) is 25.2. The van der Waals surface area contributed by atoms with E-state index in [4.69, 9.17) is 0 Å². The molecule has 0 saturated carbocycles. The molecule has 0 atom stereocenters. The van der Waals surface area contributed by atoms with E-state index >= 15 is 0 Å². The summed E-state index contributed by atoms with van der Waals surface area (Å²) >= 11 is 2.63. The van der Waals surface area contributed by atoms with Crippen LogP contribution in [0.15, 0.2) is 119 Å². The fourth-order valence-corrected chi connectivity index (χ4v) is 5.52.